The molecule has 10 heteroatoms. The Morgan fingerprint density at radius 3 is 2.94 bits per heavy atom. The normalized spacial score (nSPS) is 18.4. The fourth-order valence-corrected chi connectivity index (χ4v) is 4.48. The number of ether oxygens (including phenoxy) is 2. The van der Waals surface area contributed by atoms with E-state index in [1.165, 1.54) is 0 Å². The predicted molar refractivity (Wildman–Crippen MR) is 118 cm³/mol. The van der Waals surface area contributed by atoms with Crippen molar-refractivity contribution in [1.29, 1.82) is 0 Å². The van der Waals surface area contributed by atoms with Crippen LogP contribution >= 0.6 is 0 Å². The third-order valence-corrected chi connectivity index (χ3v) is 6.06. The summed E-state index contributed by atoms with van der Waals surface area (Å²) in [4.78, 5) is 47.1. The number of nitrogens with zero attached hydrogens (tertiary/aromatic N) is 3. The van der Waals surface area contributed by atoms with E-state index in [-0.39, 0.29) is 24.2 Å². The van der Waals surface area contributed by atoms with Gasteiger partial charge >= 0.3 is 158 Å². The molecule has 9 nitrogen and oxygen atoms in total. The molecule has 0 bridgehead atoms. The van der Waals surface area contributed by atoms with Gasteiger partial charge in [-0.05, 0) is 6.07 Å². The van der Waals surface area contributed by atoms with Crippen LogP contribution in [0.5, 0.6) is 0 Å². The molecule has 164 valence electrons. The van der Waals surface area contributed by atoms with Crippen molar-refractivity contribution in [3.05, 3.63) is 63.4 Å². The summed E-state index contributed by atoms with van der Waals surface area (Å²) in [5, 5.41) is 0.966. The van der Waals surface area contributed by atoms with Crippen LogP contribution in [0.4, 0.5) is 0 Å². The van der Waals surface area contributed by atoms with Gasteiger partial charge in [-0.15, -0.1) is 0 Å². The van der Waals surface area contributed by atoms with Crippen molar-refractivity contribution in [2.75, 3.05) is 6.54 Å². The Morgan fingerprint density at radius 1 is 1.33 bits per heavy atom. The predicted octanol–water partition coefficient (Wildman–Crippen LogP) is 1.71. The van der Waals surface area contributed by atoms with Crippen LogP contribution < -0.4 is 5.56 Å². The molecule has 33 heavy (non-hydrogen) atoms. The zero-order valence-corrected chi connectivity index (χ0v) is 17.7. The molecular weight excluding hydrogens is 425 g/mol. The first-order valence-electron chi connectivity index (χ1n) is 10.5. The zero-order chi connectivity index (χ0) is 23.2. The molecular formula is C23H18BN3O6. The van der Waals surface area contributed by atoms with Crippen molar-refractivity contribution in [2.24, 2.45) is 4.99 Å². The third-order valence-electron chi connectivity index (χ3n) is 6.06. The number of fused-ring (bicyclic) bond motifs is 5. The van der Waals surface area contributed by atoms with Crippen LogP contribution in [0.25, 0.3) is 22.3 Å². The fraction of sp³-hybridized carbons (Fsp3) is 0.261. The van der Waals surface area contributed by atoms with Crippen molar-refractivity contribution in [3.8, 4) is 11.4 Å². The number of hydrogen-bond donors (Lipinski definition) is 0. The van der Waals surface area contributed by atoms with Crippen LogP contribution in [0, 0.1) is 0 Å². The van der Waals surface area contributed by atoms with Gasteiger partial charge in [-0.3, -0.25) is 0 Å². The summed E-state index contributed by atoms with van der Waals surface area (Å²) in [6, 6.07) is 11.4. The Balaban J connectivity index is 1.67. The van der Waals surface area contributed by atoms with Gasteiger partial charge in [0.25, 0.3) is 0 Å². The number of pyridine rings is 2. The molecule has 5 rings (SSSR count). The molecule has 0 amide bonds. The van der Waals surface area contributed by atoms with Crippen molar-refractivity contribution in [2.45, 2.75) is 32.1 Å². The number of para-hydroxylation sites is 1. The van der Waals surface area contributed by atoms with Crippen molar-refractivity contribution in [3.63, 3.8) is 0 Å². The molecule has 0 saturated heterocycles. The average Bonchev–Trinajstić information content (AvgIpc) is 3.17. The Hall–Kier alpha value is -3.95. The van der Waals surface area contributed by atoms with Gasteiger partial charge in [-0.1, -0.05) is 18.2 Å². The molecule has 0 radical (unpaired) electrons. The number of rotatable bonds is 5. The number of esters is 2. The molecule has 0 unspecified atom stereocenters. The Bertz CT molecular complexity index is 1430. The summed E-state index contributed by atoms with van der Waals surface area (Å²) >= 11 is 0. The van der Waals surface area contributed by atoms with Crippen LogP contribution in [0.2, 0.25) is 0 Å². The van der Waals surface area contributed by atoms with Crippen molar-refractivity contribution < 1.29 is 23.8 Å². The molecule has 0 N–H and O–H groups in total. The topological polar surface area (TPSA) is 117 Å². The molecule has 1 atom stereocenters. The van der Waals surface area contributed by atoms with Crippen LogP contribution in [-0.4, -0.2) is 41.3 Å². The van der Waals surface area contributed by atoms with Crippen LogP contribution in [0.3, 0.4) is 0 Å². The second-order valence-electron chi connectivity index (χ2n) is 7.86. The van der Waals surface area contributed by atoms with Crippen molar-refractivity contribution >= 4 is 36.1 Å². The number of aromatic nitrogens is 2. The summed E-state index contributed by atoms with van der Waals surface area (Å²) in [6.07, 6.45) is 0.988. The summed E-state index contributed by atoms with van der Waals surface area (Å²) < 4.78 is 22.9. The standard InChI is InChI=1S/C23H18BN3O6/c1-2-23(33-19(28)9-25-12-24-31)16-8-18-20-14(7-13-5-3-4-6-17(13)26-20)10-27(18)21(29)15(16)11-32-22(23)30/h3-8,12H,2,9-11H2,1H3/t23-/m0/s1. The molecule has 2 aromatic heterocycles. The quantitative estimate of drug-likeness (QED) is 0.262. The van der Waals surface area contributed by atoms with E-state index in [2.05, 4.69) is 4.99 Å². The summed E-state index contributed by atoms with van der Waals surface area (Å²) in [7, 11) is 0.436. The third kappa shape index (κ3) is 3.21. The maximum absolute atomic E-state index is 13.4. The zero-order valence-electron chi connectivity index (χ0n) is 17.7. The van der Waals surface area contributed by atoms with Gasteiger partial charge in [-0.2, -0.15) is 0 Å². The monoisotopic (exact) mass is 443 g/mol. The molecule has 3 aromatic rings. The first-order chi connectivity index (χ1) is 16.0. The summed E-state index contributed by atoms with van der Waals surface area (Å²) in [5.41, 5.74) is 1.36. The Labute approximate surface area is 188 Å². The Kier molecular flexibility index (Phi) is 5.00. The summed E-state index contributed by atoms with van der Waals surface area (Å²) in [5.74, 6) is -1.57. The second-order valence-corrected chi connectivity index (χ2v) is 7.86. The molecule has 2 aliphatic rings. The summed E-state index contributed by atoms with van der Waals surface area (Å²) in [6.45, 7) is 1.37. The number of aliphatic imine (C=N–C) groups is 1. The average molecular weight is 443 g/mol. The van der Waals surface area contributed by atoms with Gasteiger partial charge in [0.15, 0.2) is 0 Å². The van der Waals surface area contributed by atoms with E-state index in [4.69, 9.17) is 14.5 Å². The van der Waals surface area contributed by atoms with E-state index in [9.17, 15) is 19.1 Å². The van der Waals surface area contributed by atoms with Gasteiger partial charge in [-0.25, -0.2) is 0 Å². The number of carbonyl (C=O) groups excluding carboxylic acids is 2. The number of carbonyl (C=O) groups is 2. The first kappa shape index (κ1) is 20.9. The molecule has 0 saturated carbocycles. The molecule has 0 aliphatic carbocycles. The Morgan fingerprint density at radius 2 is 2.15 bits per heavy atom. The van der Waals surface area contributed by atoms with Crippen LogP contribution in [-0.2, 0) is 42.5 Å². The minimum absolute atomic E-state index is 0.0584. The minimum atomic E-state index is -1.78. The van der Waals surface area contributed by atoms with Gasteiger partial charge in [0.1, 0.15) is 0 Å². The van der Waals surface area contributed by atoms with E-state index in [0.29, 0.717) is 30.6 Å². The molecule has 1 aromatic carbocycles. The number of cyclic esters (lactones) is 1. The SMILES string of the molecule is CC[C@@]1(OC(=O)CN=CB=O)C(=O)OCc2c1cc1n(c2=O)Cc2cc3ccccc3nc2-1. The van der Waals surface area contributed by atoms with E-state index in [1.54, 1.807) is 17.6 Å². The second kappa shape index (κ2) is 7.88. The van der Waals surface area contributed by atoms with Gasteiger partial charge in [0, 0.05) is 5.39 Å². The van der Waals surface area contributed by atoms with Gasteiger partial charge in [0.05, 0.1) is 0 Å². The first-order valence-corrected chi connectivity index (χ1v) is 10.5. The van der Waals surface area contributed by atoms with Crippen molar-refractivity contribution in [1.82, 2.24) is 9.55 Å². The molecule has 2 aliphatic heterocycles. The van der Waals surface area contributed by atoms with Crippen LogP contribution in [0.15, 0.2) is 46.2 Å². The molecule has 0 spiro atoms. The van der Waals surface area contributed by atoms with E-state index < -0.39 is 24.1 Å². The molecule has 0 fully saturated rings. The molecule has 4 heterocycles. The number of benzene rings is 1. The maximum atomic E-state index is 13.4. The van der Waals surface area contributed by atoms with Crippen LogP contribution in [0.1, 0.15) is 30.0 Å². The van der Waals surface area contributed by atoms with Gasteiger partial charge < -0.3 is 0 Å². The number of hydrogen-bond acceptors (Lipinski definition) is 8. The van der Waals surface area contributed by atoms with E-state index in [0.717, 1.165) is 22.6 Å². The van der Waals surface area contributed by atoms with E-state index in [1.807, 2.05) is 30.3 Å². The fourth-order valence-electron chi connectivity index (χ4n) is 4.48. The van der Waals surface area contributed by atoms with Gasteiger partial charge in [0.2, 0.25) is 0 Å². The van der Waals surface area contributed by atoms with E-state index >= 15 is 0 Å².